The van der Waals surface area contributed by atoms with Crippen LogP contribution < -0.4 is 0 Å². The fourth-order valence-electron chi connectivity index (χ4n) is 2.96. The highest BCUT2D eigenvalue weighted by Gasteiger charge is 2.11. The molecule has 1 aromatic heterocycles. The van der Waals surface area contributed by atoms with E-state index in [2.05, 4.69) is 50.1 Å². The van der Waals surface area contributed by atoms with Crippen LogP contribution in [0.15, 0.2) is 44.7 Å². The smallest absolute Gasteiger partial charge is 0.0897 e. The first kappa shape index (κ1) is 20.0. The third kappa shape index (κ3) is 4.39. The zero-order valence-corrected chi connectivity index (χ0v) is 15.4. The van der Waals surface area contributed by atoms with Gasteiger partial charge in [-0.3, -0.25) is 0 Å². The SMILES string of the molecule is [N-]=[N+]=NCc1cc2nc3cc(CN=[N+]=[N-])c(CN=[N+]=[N-])cc3nc2cc1CN=[N+]=[N-]. The second-order valence-corrected chi connectivity index (χ2v) is 6.00. The van der Waals surface area contributed by atoms with Gasteiger partial charge in [0.05, 0.1) is 48.2 Å². The maximum Gasteiger partial charge on any atom is 0.0897 e. The average molecular weight is 400 g/mol. The maximum absolute atomic E-state index is 8.62. The lowest BCUT2D eigenvalue weighted by Crippen LogP contribution is -1.98. The van der Waals surface area contributed by atoms with Gasteiger partial charge in [-0.1, -0.05) is 20.5 Å². The third-order valence-electron chi connectivity index (χ3n) is 4.29. The molecule has 14 heteroatoms. The zero-order valence-electron chi connectivity index (χ0n) is 15.4. The van der Waals surface area contributed by atoms with Gasteiger partial charge >= 0.3 is 0 Å². The number of hydrogen-bond donors (Lipinski definition) is 0. The van der Waals surface area contributed by atoms with Crippen LogP contribution in [0.2, 0.25) is 0 Å². The van der Waals surface area contributed by atoms with Crippen LogP contribution in [0.5, 0.6) is 0 Å². The lowest BCUT2D eigenvalue weighted by molar-refractivity contribution is 0.962. The summed E-state index contributed by atoms with van der Waals surface area (Å²) >= 11 is 0. The van der Waals surface area contributed by atoms with Gasteiger partial charge in [0.1, 0.15) is 0 Å². The van der Waals surface area contributed by atoms with Crippen LogP contribution >= 0.6 is 0 Å². The quantitative estimate of drug-likeness (QED) is 0.191. The van der Waals surface area contributed by atoms with E-state index in [4.69, 9.17) is 22.1 Å². The van der Waals surface area contributed by atoms with Crippen molar-refractivity contribution in [3.63, 3.8) is 0 Å². The second kappa shape index (κ2) is 9.47. The lowest BCUT2D eigenvalue weighted by atomic mass is 10.0. The van der Waals surface area contributed by atoms with E-state index in [0.717, 1.165) is 0 Å². The molecule has 0 unspecified atom stereocenters. The molecule has 0 amide bonds. The van der Waals surface area contributed by atoms with Gasteiger partial charge in [0, 0.05) is 19.6 Å². The molecule has 0 atom stereocenters. The summed E-state index contributed by atoms with van der Waals surface area (Å²) in [6.45, 7) is 0.316. The Morgan fingerprint density at radius 3 is 0.933 bits per heavy atom. The molecule has 146 valence electrons. The first-order chi connectivity index (χ1) is 14.7. The normalized spacial score (nSPS) is 9.87. The minimum atomic E-state index is 0.0790. The van der Waals surface area contributed by atoms with Crippen LogP contribution in [0.4, 0.5) is 0 Å². The highest BCUT2D eigenvalue weighted by atomic mass is 15.1. The third-order valence-corrected chi connectivity index (χ3v) is 4.29. The maximum atomic E-state index is 8.62. The minimum Gasteiger partial charge on any atom is -0.244 e. The molecular formula is C16H12N14. The van der Waals surface area contributed by atoms with Crippen molar-refractivity contribution < 1.29 is 0 Å². The number of azide groups is 4. The van der Waals surface area contributed by atoms with Gasteiger partial charge < -0.3 is 0 Å². The Morgan fingerprint density at radius 1 is 0.500 bits per heavy atom. The van der Waals surface area contributed by atoms with Crippen molar-refractivity contribution >= 4 is 22.1 Å². The summed E-state index contributed by atoms with van der Waals surface area (Å²) in [5.74, 6) is 0. The van der Waals surface area contributed by atoms with E-state index in [-0.39, 0.29) is 26.2 Å². The van der Waals surface area contributed by atoms with E-state index in [1.807, 2.05) is 0 Å². The van der Waals surface area contributed by atoms with Crippen LogP contribution in [-0.2, 0) is 26.2 Å². The number of fused-ring (bicyclic) bond motifs is 2. The van der Waals surface area contributed by atoms with Crippen molar-refractivity contribution in [3.05, 3.63) is 88.3 Å². The number of nitrogens with zero attached hydrogens (tertiary/aromatic N) is 14. The van der Waals surface area contributed by atoms with Gasteiger partial charge in [0.25, 0.3) is 0 Å². The summed E-state index contributed by atoms with van der Waals surface area (Å²) in [5.41, 5.74) is 39.4. The van der Waals surface area contributed by atoms with Crippen LogP contribution in [0, 0.1) is 0 Å². The van der Waals surface area contributed by atoms with Crippen molar-refractivity contribution in [1.29, 1.82) is 0 Å². The molecule has 0 fully saturated rings. The van der Waals surface area contributed by atoms with Gasteiger partial charge in [0.2, 0.25) is 0 Å². The van der Waals surface area contributed by atoms with Crippen LogP contribution in [0.25, 0.3) is 63.8 Å². The van der Waals surface area contributed by atoms with Gasteiger partial charge in [-0.05, 0) is 68.6 Å². The van der Waals surface area contributed by atoms with E-state index in [9.17, 15) is 0 Å². The Labute approximate surface area is 167 Å². The van der Waals surface area contributed by atoms with Gasteiger partial charge in [-0.15, -0.1) is 0 Å². The molecule has 0 bridgehead atoms. The summed E-state index contributed by atoms with van der Waals surface area (Å²) in [6.07, 6.45) is 0. The molecular weight excluding hydrogens is 388 g/mol. The topological polar surface area (TPSA) is 221 Å². The summed E-state index contributed by atoms with van der Waals surface area (Å²) in [6, 6.07) is 6.94. The lowest BCUT2D eigenvalue weighted by Gasteiger charge is -2.10. The second-order valence-electron chi connectivity index (χ2n) is 6.00. The summed E-state index contributed by atoms with van der Waals surface area (Å²) in [7, 11) is 0. The highest BCUT2D eigenvalue weighted by molar-refractivity contribution is 5.87. The molecule has 30 heavy (non-hydrogen) atoms. The number of benzene rings is 2. The van der Waals surface area contributed by atoms with Gasteiger partial charge in [0.15, 0.2) is 0 Å². The highest BCUT2D eigenvalue weighted by Crippen LogP contribution is 2.25. The fourth-order valence-corrected chi connectivity index (χ4v) is 2.96. The zero-order chi connectivity index (χ0) is 21.3. The molecule has 0 saturated heterocycles. The first-order valence-corrected chi connectivity index (χ1v) is 8.48. The minimum absolute atomic E-state index is 0.0790. The number of hydrogen-bond acceptors (Lipinski definition) is 6. The van der Waals surface area contributed by atoms with Crippen molar-refractivity contribution in [2.24, 2.45) is 20.5 Å². The Balaban J connectivity index is 2.22. The van der Waals surface area contributed by atoms with E-state index in [1.165, 1.54) is 0 Å². The predicted molar refractivity (Wildman–Crippen MR) is 108 cm³/mol. The van der Waals surface area contributed by atoms with Gasteiger partial charge in [-0.25, -0.2) is 9.97 Å². The molecule has 0 aliphatic rings. The molecule has 14 nitrogen and oxygen atoms in total. The van der Waals surface area contributed by atoms with Crippen LogP contribution in [0.1, 0.15) is 22.3 Å². The van der Waals surface area contributed by atoms with Crippen molar-refractivity contribution in [2.75, 3.05) is 0 Å². The number of rotatable bonds is 8. The van der Waals surface area contributed by atoms with E-state index in [1.54, 1.807) is 24.3 Å². The molecule has 0 saturated carbocycles. The van der Waals surface area contributed by atoms with Crippen molar-refractivity contribution in [2.45, 2.75) is 26.2 Å². The van der Waals surface area contributed by atoms with Gasteiger partial charge in [-0.2, -0.15) is 0 Å². The first-order valence-electron chi connectivity index (χ1n) is 8.48. The molecule has 0 aliphatic heterocycles. The predicted octanol–water partition coefficient (Wildman–Crippen LogP) is 6.02. The summed E-state index contributed by atoms with van der Waals surface area (Å²) < 4.78 is 0. The molecule has 3 aromatic rings. The molecule has 0 spiro atoms. The van der Waals surface area contributed by atoms with Crippen molar-refractivity contribution in [1.82, 2.24) is 9.97 Å². The van der Waals surface area contributed by atoms with E-state index in [0.29, 0.717) is 44.3 Å². The Hall–Kier alpha value is -4.72. The molecule has 0 N–H and O–H groups in total. The Morgan fingerprint density at radius 2 is 0.733 bits per heavy atom. The molecule has 2 aromatic carbocycles. The van der Waals surface area contributed by atoms with Crippen molar-refractivity contribution in [3.8, 4) is 0 Å². The van der Waals surface area contributed by atoms with E-state index >= 15 is 0 Å². The standard InChI is InChI=1S/C16H12N14/c17-27-21-5-9-1-13-14(2-10(9)6-22-28-18)26-16-4-12(8-24-30-20)11(7-23-29-19)3-15(16)25-13/h1-4H,5-8H2. The molecule has 0 radical (unpaired) electrons. The monoisotopic (exact) mass is 400 g/mol. The molecule has 1 heterocycles. The summed E-state index contributed by atoms with van der Waals surface area (Å²) in [4.78, 5) is 20.3. The Bertz CT molecular complexity index is 1120. The largest absolute Gasteiger partial charge is 0.244 e. The van der Waals surface area contributed by atoms with Crippen LogP contribution in [0.3, 0.4) is 0 Å². The fraction of sp³-hybridized carbons (Fsp3) is 0.250. The van der Waals surface area contributed by atoms with E-state index < -0.39 is 0 Å². The van der Waals surface area contributed by atoms with Crippen LogP contribution in [-0.4, -0.2) is 9.97 Å². The molecule has 3 rings (SSSR count). The number of aromatic nitrogens is 2. The Kier molecular flexibility index (Phi) is 6.32. The summed E-state index contributed by atoms with van der Waals surface area (Å²) in [5, 5.41) is 14.3. The average Bonchev–Trinajstić information content (AvgIpc) is 2.76. The molecule has 0 aliphatic carbocycles.